The summed E-state index contributed by atoms with van der Waals surface area (Å²) in [4.78, 5) is 23.8. The maximum atomic E-state index is 12.2. The Morgan fingerprint density at radius 1 is 1.30 bits per heavy atom. The van der Waals surface area contributed by atoms with Crippen LogP contribution in [0, 0.1) is 6.92 Å². The zero-order valence-corrected chi connectivity index (χ0v) is 14.2. The molecule has 0 spiro atoms. The molecule has 0 atom stereocenters. The average molecular weight is 419 g/mol. The van der Waals surface area contributed by atoms with Gasteiger partial charge in [-0.2, -0.15) is 0 Å². The van der Waals surface area contributed by atoms with Gasteiger partial charge in [0, 0.05) is 4.47 Å². The number of amides is 1. The van der Waals surface area contributed by atoms with E-state index in [1.54, 1.807) is 25.1 Å². The van der Waals surface area contributed by atoms with Gasteiger partial charge in [0.1, 0.15) is 0 Å². The van der Waals surface area contributed by atoms with Crippen LogP contribution in [-0.4, -0.2) is 17.0 Å². The molecule has 0 aliphatic carbocycles. The monoisotopic (exact) mass is 417 g/mol. The lowest BCUT2D eigenvalue weighted by Gasteiger charge is -2.10. The normalized spacial score (nSPS) is 10.3. The molecule has 0 saturated carbocycles. The van der Waals surface area contributed by atoms with Crippen LogP contribution in [0.15, 0.2) is 32.5 Å². The standard InChI is InChI=1S/C13H9Br2NO3S/c1-6-3-2-4-7(13(18)19)10(6)16-12(17)9-5-8(14)11(15)20-9/h2-5H,1H3,(H,16,17)(H,18,19). The number of nitrogens with one attached hydrogen (secondary N) is 1. The predicted molar refractivity (Wildman–Crippen MR) is 85.8 cm³/mol. The number of thiophene rings is 1. The number of carboxylic acids is 1. The molecule has 0 saturated heterocycles. The second kappa shape index (κ2) is 6.07. The van der Waals surface area contributed by atoms with Gasteiger partial charge in [0.15, 0.2) is 0 Å². The molecule has 0 radical (unpaired) electrons. The summed E-state index contributed by atoms with van der Waals surface area (Å²) in [5.74, 6) is -1.41. The summed E-state index contributed by atoms with van der Waals surface area (Å²) in [6, 6.07) is 6.54. The molecule has 1 aromatic carbocycles. The fourth-order valence-electron chi connectivity index (χ4n) is 1.65. The number of halogens is 2. The second-order valence-electron chi connectivity index (χ2n) is 3.99. The SMILES string of the molecule is Cc1cccc(C(=O)O)c1NC(=O)c1cc(Br)c(Br)s1. The van der Waals surface area contributed by atoms with Gasteiger partial charge < -0.3 is 10.4 Å². The van der Waals surface area contributed by atoms with Gasteiger partial charge in [-0.05, 0) is 56.5 Å². The van der Waals surface area contributed by atoms with E-state index in [9.17, 15) is 9.59 Å². The Morgan fingerprint density at radius 2 is 2.00 bits per heavy atom. The molecule has 1 aromatic heterocycles. The molecular weight excluding hydrogens is 410 g/mol. The number of anilines is 1. The van der Waals surface area contributed by atoms with E-state index in [0.717, 1.165) is 8.26 Å². The topological polar surface area (TPSA) is 66.4 Å². The molecule has 1 heterocycles. The van der Waals surface area contributed by atoms with Gasteiger partial charge in [-0.3, -0.25) is 4.79 Å². The van der Waals surface area contributed by atoms with Crippen molar-refractivity contribution in [2.45, 2.75) is 6.92 Å². The molecule has 0 aliphatic rings. The predicted octanol–water partition coefficient (Wildman–Crippen LogP) is 4.53. The van der Waals surface area contributed by atoms with Gasteiger partial charge in [-0.25, -0.2) is 4.79 Å². The number of carbonyl (C=O) groups excluding carboxylic acids is 1. The van der Waals surface area contributed by atoms with Crippen LogP contribution in [0.25, 0.3) is 0 Å². The van der Waals surface area contributed by atoms with Crippen LogP contribution in [0.3, 0.4) is 0 Å². The van der Waals surface area contributed by atoms with E-state index >= 15 is 0 Å². The van der Waals surface area contributed by atoms with Crippen molar-refractivity contribution in [3.8, 4) is 0 Å². The molecule has 7 heteroatoms. The zero-order chi connectivity index (χ0) is 14.9. The minimum Gasteiger partial charge on any atom is -0.478 e. The number of hydrogen-bond donors (Lipinski definition) is 2. The van der Waals surface area contributed by atoms with Crippen molar-refractivity contribution >= 4 is 60.8 Å². The fraction of sp³-hybridized carbons (Fsp3) is 0.0769. The summed E-state index contributed by atoms with van der Waals surface area (Å²) in [5, 5.41) is 11.8. The van der Waals surface area contributed by atoms with Crippen LogP contribution in [-0.2, 0) is 0 Å². The number of carbonyl (C=O) groups is 2. The summed E-state index contributed by atoms with van der Waals surface area (Å²) in [5.41, 5.74) is 1.10. The van der Waals surface area contributed by atoms with Crippen molar-refractivity contribution < 1.29 is 14.7 Å². The Morgan fingerprint density at radius 3 is 2.55 bits per heavy atom. The third-order valence-corrected chi connectivity index (χ3v) is 5.87. The van der Waals surface area contributed by atoms with E-state index in [4.69, 9.17) is 5.11 Å². The summed E-state index contributed by atoms with van der Waals surface area (Å²) in [6.07, 6.45) is 0. The summed E-state index contributed by atoms with van der Waals surface area (Å²) < 4.78 is 1.60. The summed E-state index contributed by atoms with van der Waals surface area (Å²) in [7, 11) is 0. The lowest BCUT2D eigenvalue weighted by molar-refractivity contribution is 0.0698. The molecule has 20 heavy (non-hydrogen) atoms. The van der Waals surface area contributed by atoms with E-state index in [0.29, 0.717) is 16.1 Å². The quantitative estimate of drug-likeness (QED) is 0.769. The van der Waals surface area contributed by atoms with Gasteiger partial charge in [-0.1, -0.05) is 12.1 Å². The van der Waals surface area contributed by atoms with Crippen LogP contribution in [0.2, 0.25) is 0 Å². The molecular formula is C13H9Br2NO3S. The minimum atomic E-state index is -1.07. The number of carboxylic acid groups (broad SMARTS) is 1. The minimum absolute atomic E-state index is 0.0769. The highest BCUT2D eigenvalue weighted by Crippen LogP contribution is 2.33. The number of para-hydroxylation sites is 1. The Hall–Kier alpha value is -1.18. The van der Waals surface area contributed by atoms with Crippen LogP contribution in [0.5, 0.6) is 0 Å². The van der Waals surface area contributed by atoms with Gasteiger partial charge >= 0.3 is 5.97 Å². The molecule has 104 valence electrons. The fourth-order valence-corrected chi connectivity index (χ4v) is 3.58. The maximum absolute atomic E-state index is 12.2. The van der Waals surface area contributed by atoms with E-state index in [1.807, 2.05) is 0 Å². The van der Waals surface area contributed by atoms with E-state index in [-0.39, 0.29) is 11.5 Å². The van der Waals surface area contributed by atoms with Crippen molar-refractivity contribution in [1.29, 1.82) is 0 Å². The van der Waals surface area contributed by atoms with Gasteiger partial charge in [0.05, 0.1) is 19.9 Å². The van der Waals surface area contributed by atoms with E-state index in [2.05, 4.69) is 37.2 Å². The van der Waals surface area contributed by atoms with Crippen LogP contribution in [0.1, 0.15) is 25.6 Å². The number of hydrogen-bond acceptors (Lipinski definition) is 3. The van der Waals surface area contributed by atoms with Crippen LogP contribution >= 0.6 is 43.2 Å². The Kier molecular flexibility index (Phi) is 4.62. The molecule has 0 aliphatic heterocycles. The van der Waals surface area contributed by atoms with Gasteiger partial charge in [0.2, 0.25) is 0 Å². The molecule has 2 aromatic rings. The zero-order valence-electron chi connectivity index (χ0n) is 10.2. The molecule has 0 fully saturated rings. The largest absolute Gasteiger partial charge is 0.478 e. The molecule has 0 bridgehead atoms. The number of aryl methyl sites for hydroxylation is 1. The highest BCUT2D eigenvalue weighted by Gasteiger charge is 2.17. The molecule has 4 nitrogen and oxygen atoms in total. The first-order valence-electron chi connectivity index (χ1n) is 5.49. The number of aromatic carboxylic acids is 1. The lowest BCUT2D eigenvalue weighted by atomic mass is 10.1. The highest BCUT2D eigenvalue weighted by atomic mass is 79.9. The first-order chi connectivity index (χ1) is 9.40. The summed E-state index contributed by atoms with van der Waals surface area (Å²) >= 11 is 7.90. The number of rotatable bonds is 3. The lowest BCUT2D eigenvalue weighted by Crippen LogP contribution is -2.14. The Bertz CT molecular complexity index is 677. The highest BCUT2D eigenvalue weighted by molar-refractivity contribution is 9.13. The average Bonchev–Trinajstić information content (AvgIpc) is 2.72. The van der Waals surface area contributed by atoms with E-state index in [1.165, 1.54) is 17.4 Å². The molecule has 0 unspecified atom stereocenters. The van der Waals surface area contributed by atoms with Crippen molar-refractivity contribution in [2.24, 2.45) is 0 Å². The van der Waals surface area contributed by atoms with Crippen LogP contribution in [0.4, 0.5) is 5.69 Å². The maximum Gasteiger partial charge on any atom is 0.337 e. The van der Waals surface area contributed by atoms with Crippen molar-refractivity contribution in [3.05, 3.63) is 48.5 Å². The second-order valence-corrected chi connectivity index (χ2v) is 7.21. The van der Waals surface area contributed by atoms with Crippen LogP contribution < -0.4 is 5.32 Å². The molecule has 2 rings (SSSR count). The van der Waals surface area contributed by atoms with Crippen molar-refractivity contribution in [3.63, 3.8) is 0 Å². The molecule has 2 N–H and O–H groups in total. The first-order valence-corrected chi connectivity index (χ1v) is 7.89. The Labute approximate surface area is 136 Å². The third kappa shape index (κ3) is 3.11. The number of benzene rings is 1. The third-order valence-electron chi connectivity index (χ3n) is 2.61. The molecule has 1 amide bonds. The first kappa shape index (κ1) is 15.2. The summed E-state index contributed by atoms with van der Waals surface area (Å²) in [6.45, 7) is 1.75. The van der Waals surface area contributed by atoms with Crippen molar-refractivity contribution in [1.82, 2.24) is 0 Å². The Balaban J connectivity index is 2.35. The van der Waals surface area contributed by atoms with Crippen molar-refractivity contribution in [2.75, 3.05) is 5.32 Å². The van der Waals surface area contributed by atoms with E-state index < -0.39 is 5.97 Å². The smallest absolute Gasteiger partial charge is 0.337 e. The van der Waals surface area contributed by atoms with Gasteiger partial charge in [-0.15, -0.1) is 11.3 Å². The van der Waals surface area contributed by atoms with Gasteiger partial charge in [0.25, 0.3) is 5.91 Å².